The highest BCUT2D eigenvalue weighted by atomic mass is 32.1. The number of aromatic nitrogens is 1. The number of hydrogen-bond donors (Lipinski definition) is 2. The Balaban J connectivity index is 0.000000493. The van der Waals surface area contributed by atoms with Crippen LogP contribution in [0.4, 0.5) is 0 Å². The average Bonchev–Trinajstić information content (AvgIpc) is 3.20. The predicted octanol–water partition coefficient (Wildman–Crippen LogP) is 4.94. The van der Waals surface area contributed by atoms with Crippen LogP contribution in [0.25, 0.3) is 5.57 Å². The molecule has 7 nitrogen and oxygen atoms in total. The number of methoxy groups -OCH3 is 1. The van der Waals surface area contributed by atoms with Gasteiger partial charge in [0.25, 0.3) is 0 Å². The summed E-state index contributed by atoms with van der Waals surface area (Å²) >= 11 is 1.77. The Kier molecular flexibility index (Phi) is 13.6. The fourth-order valence-corrected chi connectivity index (χ4v) is 5.63. The molecule has 3 heterocycles. The number of nitrogens with one attached hydrogen (secondary N) is 1. The number of thiazole rings is 1. The average molecular weight is 518 g/mol. The molecule has 2 aliphatic rings. The fraction of sp³-hybridized carbons (Fsp3) is 0.643. The van der Waals surface area contributed by atoms with Crippen molar-refractivity contribution in [3.63, 3.8) is 0 Å². The third-order valence-electron chi connectivity index (χ3n) is 6.57. The van der Waals surface area contributed by atoms with Crippen molar-refractivity contribution in [2.24, 2.45) is 16.1 Å². The van der Waals surface area contributed by atoms with E-state index in [1.165, 1.54) is 36.1 Å². The number of nitrogens with two attached hydrogens (primary N) is 1. The molecule has 2 saturated heterocycles. The van der Waals surface area contributed by atoms with E-state index in [2.05, 4.69) is 47.3 Å². The van der Waals surface area contributed by atoms with Crippen LogP contribution in [0.2, 0.25) is 0 Å². The van der Waals surface area contributed by atoms with Gasteiger partial charge in [0.15, 0.2) is 0 Å². The van der Waals surface area contributed by atoms with E-state index < -0.39 is 0 Å². The van der Waals surface area contributed by atoms with E-state index in [1.807, 2.05) is 19.9 Å². The van der Waals surface area contributed by atoms with Gasteiger partial charge in [-0.3, -0.25) is 9.89 Å². The highest BCUT2D eigenvalue weighted by molar-refractivity contribution is 7.12. The van der Waals surface area contributed by atoms with Gasteiger partial charge in [0.1, 0.15) is 0 Å². The number of aliphatic imine (C=N–C) groups is 1. The molecule has 1 spiro atoms. The Morgan fingerprint density at radius 1 is 1.31 bits per heavy atom. The van der Waals surface area contributed by atoms with Crippen molar-refractivity contribution in [2.75, 3.05) is 53.7 Å². The summed E-state index contributed by atoms with van der Waals surface area (Å²) in [6.45, 7) is 14.3. The molecule has 0 amide bonds. The molecule has 0 unspecified atom stereocenters. The second-order valence-corrected chi connectivity index (χ2v) is 11.0. The highest BCUT2D eigenvalue weighted by Crippen LogP contribution is 2.36. The van der Waals surface area contributed by atoms with E-state index in [0.29, 0.717) is 18.8 Å². The maximum atomic E-state index is 6.20. The van der Waals surface area contributed by atoms with E-state index in [1.54, 1.807) is 25.5 Å². The van der Waals surface area contributed by atoms with Gasteiger partial charge in [-0.2, -0.15) is 0 Å². The Hall–Kier alpha value is -1.84. The molecule has 3 N–H and O–H groups in total. The molecule has 0 aliphatic carbocycles. The van der Waals surface area contributed by atoms with Gasteiger partial charge in [-0.1, -0.05) is 18.2 Å². The molecule has 1 aromatic heterocycles. The molecule has 202 valence electrons. The normalized spacial score (nSPS) is 20.2. The van der Waals surface area contributed by atoms with Gasteiger partial charge in [0.2, 0.25) is 0 Å². The number of ether oxygens (including phenoxy) is 2. The molecule has 3 rings (SSSR count). The first-order valence-electron chi connectivity index (χ1n) is 13.0. The van der Waals surface area contributed by atoms with Crippen molar-refractivity contribution in [1.29, 1.82) is 0 Å². The van der Waals surface area contributed by atoms with Crippen LogP contribution >= 0.6 is 11.3 Å². The SMILES string of the molecule is C/C=C\C(=C/COC)c1sc(C)nc1CN1CCCC2(CCNCC2)COC1.CN=C(C)/C=C(/C)N. The van der Waals surface area contributed by atoms with Crippen LogP contribution in [-0.2, 0) is 16.0 Å². The van der Waals surface area contributed by atoms with Crippen molar-refractivity contribution < 1.29 is 9.47 Å². The summed E-state index contributed by atoms with van der Waals surface area (Å²) in [4.78, 5) is 12.4. The van der Waals surface area contributed by atoms with Gasteiger partial charge in [-0.15, -0.1) is 11.3 Å². The lowest BCUT2D eigenvalue weighted by Crippen LogP contribution is -2.43. The van der Waals surface area contributed by atoms with Crippen LogP contribution in [0.5, 0.6) is 0 Å². The van der Waals surface area contributed by atoms with E-state index in [9.17, 15) is 0 Å². The number of rotatable bonds is 7. The van der Waals surface area contributed by atoms with Crippen LogP contribution in [0.3, 0.4) is 0 Å². The lowest BCUT2D eigenvalue weighted by molar-refractivity contribution is -0.0547. The van der Waals surface area contributed by atoms with Gasteiger partial charge < -0.3 is 20.5 Å². The fourth-order valence-electron chi connectivity index (χ4n) is 4.68. The molecule has 2 fully saturated rings. The van der Waals surface area contributed by atoms with Crippen molar-refractivity contribution in [1.82, 2.24) is 15.2 Å². The Labute approximate surface area is 222 Å². The van der Waals surface area contributed by atoms with Gasteiger partial charge in [-0.05, 0) is 83.5 Å². The van der Waals surface area contributed by atoms with Gasteiger partial charge in [0, 0.05) is 38.7 Å². The number of piperidine rings is 1. The first kappa shape index (κ1) is 30.4. The summed E-state index contributed by atoms with van der Waals surface area (Å²) in [5.74, 6) is 0. The second-order valence-electron chi connectivity index (χ2n) is 9.76. The largest absolute Gasteiger partial charge is 0.402 e. The van der Waals surface area contributed by atoms with Crippen LogP contribution in [0.1, 0.15) is 62.0 Å². The molecule has 0 saturated carbocycles. The van der Waals surface area contributed by atoms with Crippen molar-refractivity contribution in [3.8, 4) is 0 Å². The van der Waals surface area contributed by atoms with E-state index in [4.69, 9.17) is 20.2 Å². The van der Waals surface area contributed by atoms with Crippen molar-refractivity contribution in [3.05, 3.63) is 45.6 Å². The smallest absolute Gasteiger partial charge is 0.0993 e. The van der Waals surface area contributed by atoms with Crippen LogP contribution < -0.4 is 11.1 Å². The third-order valence-corrected chi connectivity index (χ3v) is 7.64. The van der Waals surface area contributed by atoms with E-state index in [-0.39, 0.29) is 0 Å². The summed E-state index contributed by atoms with van der Waals surface area (Å²) in [7, 11) is 3.48. The van der Waals surface area contributed by atoms with Crippen LogP contribution in [0.15, 0.2) is 35.0 Å². The molecule has 0 aromatic carbocycles. The Morgan fingerprint density at radius 2 is 2.06 bits per heavy atom. The molecule has 8 heteroatoms. The monoisotopic (exact) mass is 517 g/mol. The van der Waals surface area contributed by atoms with Gasteiger partial charge in [-0.25, -0.2) is 4.98 Å². The highest BCUT2D eigenvalue weighted by Gasteiger charge is 2.33. The van der Waals surface area contributed by atoms with Gasteiger partial charge in [0.05, 0.1) is 35.5 Å². The molecule has 36 heavy (non-hydrogen) atoms. The number of hydrogen-bond acceptors (Lipinski definition) is 8. The zero-order valence-electron chi connectivity index (χ0n) is 23.2. The minimum atomic E-state index is 0.404. The zero-order valence-corrected chi connectivity index (χ0v) is 24.0. The molecule has 0 atom stereocenters. The number of allylic oxidation sites excluding steroid dienone is 5. The molecule has 0 radical (unpaired) electrons. The van der Waals surface area contributed by atoms with E-state index >= 15 is 0 Å². The number of aryl methyl sites for hydroxylation is 1. The molecule has 2 aliphatic heterocycles. The maximum Gasteiger partial charge on any atom is 0.0993 e. The standard InChI is InChI=1S/C22H35N3O2S.C6H12N2/c1-4-6-19(7-14-26-3)21-20(24-18(2)28-21)15-25-13-5-8-22(16-27-17-25)9-11-23-12-10-22;1-5(7)4-6(2)8-3/h4,6-7,23H,5,8-17H2,1-3H3;4H,7H2,1-3H3/b6-4-,19-7+;5-4-,8-6?. The maximum absolute atomic E-state index is 6.20. The van der Waals surface area contributed by atoms with Gasteiger partial charge >= 0.3 is 0 Å². The summed E-state index contributed by atoms with van der Waals surface area (Å²) in [5, 5.41) is 4.60. The topological polar surface area (TPSA) is 85.0 Å². The molecular weight excluding hydrogens is 470 g/mol. The van der Waals surface area contributed by atoms with Crippen LogP contribution in [-0.4, -0.2) is 69.3 Å². The Morgan fingerprint density at radius 3 is 2.67 bits per heavy atom. The number of nitrogens with zero attached hydrogens (tertiary/aromatic N) is 3. The summed E-state index contributed by atoms with van der Waals surface area (Å²) in [5.41, 5.74) is 9.87. The van der Waals surface area contributed by atoms with Crippen molar-refractivity contribution >= 4 is 22.6 Å². The summed E-state index contributed by atoms with van der Waals surface area (Å²) in [6, 6.07) is 0. The molecular formula is C28H47N5O2S. The lowest BCUT2D eigenvalue weighted by Gasteiger charge is -2.40. The quantitative estimate of drug-likeness (QED) is 0.394. The summed E-state index contributed by atoms with van der Waals surface area (Å²) in [6.07, 6.45) is 13.2. The lowest BCUT2D eigenvalue weighted by atomic mass is 9.76. The summed E-state index contributed by atoms with van der Waals surface area (Å²) < 4.78 is 11.5. The Bertz CT molecular complexity index is 897. The molecule has 0 bridgehead atoms. The third kappa shape index (κ3) is 10.3. The minimum absolute atomic E-state index is 0.404. The zero-order chi connectivity index (χ0) is 26.4. The van der Waals surface area contributed by atoms with E-state index in [0.717, 1.165) is 54.9 Å². The van der Waals surface area contributed by atoms with Crippen molar-refractivity contribution in [2.45, 2.75) is 59.9 Å². The second kappa shape index (κ2) is 16.1. The first-order valence-corrected chi connectivity index (χ1v) is 13.8. The molecule has 1 aromatic rings. The minimum Gasteiger partial charge on any atom is -0.402 e. The first-order chi connectivity index (χ1) is 17.3. The predicted molar refractivity (Wildman–Crippen MR) is 153 cm³/mol. The van der Waals surface area contributed by atoms with Crippen LogP contribution in [0, 0.1) is 12.3 Å².